The van der Waals surface area contributed by atoms with Gasteiger partial charge in [0.2, 0.25) is 0 Å². The number of carbonyl (C=O) groups excluding carboxylic acids is 1. The van der Waals surface area contributed by atoms with Crippen LogP contribution in [-0.4, -0.2) is 56.2 Å². The van der Waals surface area contributed by atoms with Crippen LogP contribution in [0.1, 0.15) is 46.5 Å². The van der Waals surface area contributed by atoms with Crippen molar-refractivity contribution in [3.05, 3.63) is 0 Å². The third kappa shape index (κ3) is 5.11. The summed E-state index contributed by atoms with van der Waals surface area (Å²) >= 11 is 0. The summed E-state index contributed by atoms with van der Waals surface area (Å²) in [5.41, 5.74) is -0.635. The lowest BCUT2D eigenvalue weighted by atomic mass is 10.0. The van der Waals surface area contributed by atoms with E-state index in [1.807, 2.05) is 20.8 Å². The van der Waals surface area contributed by atoms with Crippen LogP contribution in [0.15, 0.2) is 0 Å². The lowest BCUT2D eigenvalue weighted by molar-refractivity contribution is -0.0174. The maximum absolute atomic E-state index is 11.8. The maximum Gasteiger partial charge on any atom is 0.407 e. The standard InChI is InChI=1S/C16H30N2O4/c1-15(2,3)22-14(19)18-13-6-5-12(9-13)17-10-16(20-4)7-8-21-11-16/h12-13,17H,5-11H2,1-4H3,(H,18,19). The van der Waals surface area contributed by atoms with Gasteiger partial charge in [-0.15, -0.1) is 0 Å². The number of amides is 1. The molecule has 2 aliphatic rings. The highest BCUT2D eigenvalue weighted by molar-refractivity contribution is 5.68. The highest BCUT2D eigenvalue weighted by Gasteiger charge is 2.36. The molecule has 1 saturated carbocycles. The van der Waals surface area contributed by atoms with E-state index in [1.165, 1.54) is 0 Å². The Bertz CT molecular complexity index is 375. The number of carbonyl (C=O) groups is 1. The molecule has 128 valence electrons. The lowest BCUT2D eigenvalue weighted by Crippen LogP contribution is -2.46. The van der Waals surface area contributed by atoms with E-state index in [0.29, 0.717) is 12.6 Å². The van der Waals surface area contributed by atoms with Crippen molar-refractivity contribution in [3.63, 3.8) is 0 Å². The van der Waals surface area contributed by atoms with Gasteiger partial charge in [-0.25, -0.2) is 4.79 Å². The average Bonchev–Trinajstić information content (AvgIpc) is 3.04. The van der Waals surface area contributed by atoms with E-state index >= 15 is 0 Å². The van der Waals surface area contributed by atoms with Crippen LogP contribution >= 0.6 is 0 Å². The molecule has 6 nitrogen and oxygen atoms in total. The van der Waals surface area contributed by atoms with Crippen LogP contribution in [0.5, 0.6) is 0 Å². The van der Waals surface area contributed by atoms with Gasteiger partial charge < -0.3 is 24.8 Å². The number of rotatable bonds is 5. The topological polar surface area (TPSA) is 68.8 Å². The van der Waals surface area contributed by atoms with Crippen molar-refractivity contribution >= 4 is 6.09 Å². The normalized spacial score (nSPS) is 32.2. The Morgan fingerprint density at radius 1 is 1.32 bits per heavy atom. The van der Waals surface area contributed by atoms with E-state index in [-0.39, 0.29) is 17.7 Å². The third-order valence-electron chi connectivity index (χ3n) is 4.37. The van der Waals surface area contributed by atoms with Crippen LogP contribution < -0.4 is 10.6 Å². The SMILES string of the molecule is COC1(CNC2CCC(NC(=O)OC(C)(C)C)C2)CCOC1. The van der Waals surface area contributed by atoms with Gasteiger partial charge in [0.25, 0.3) is 0 Å². The number of ether oxygens (including phenoxy) is 3. The van der Waals surface area contributed by atoms with Crippen molar-refractivity contribution in [1.82, 2.24) is 10.6 Å². The molecular weight excluding hydrogens is 284 g/mol. The molecule has 1 saturated heterocycles. The Morgan fingerprint density at radius 2 is 2.05 bits per heavy atom. The van der Waals surface area contributed by atoms with Gasteiger partial charge in [-0.05, 0) is 40.0 Å². The van der Waals surface area contributed by atoms with Crippen LogP contribution in [0.3, 0.4) is 0 Å². The van der Waals surface area contributed by atoms with Crippen LogP contribution in [0.4, 0.5) is 4.79 Å². The average molecular weight is 314 g/mol. The molecular formula is C16H30N2O4. The molecule has 3 unspecified atom stereocenters. The van der Waals surface area contributed by atoms with Crippen LogP contribution in [0.25, 0.3) is 0 Å². The Kier molecular flexibility index (Phi) is 5.69. The van der Waals surface area contributed by atoms with Crippen molar-refractivity contribution < 1.29 is 19.0 Å². The minimum absolute atomic E-state index is 0.184. The number of hydrogen-bond donors (Lipinski definition) is 2. The second-order valence-electron chi connectivity index (χ2n) is 7.42. The van der Waals surface area contributed by atoms with Crippen LogP contribution in [0, 0.1) is 0 Å². The van der Waals surface area contributed by atoms with Crippen molar-refractivity contribution in [2.24, 2.45) is 0 Å². The Balaban J connectivity index is 1.70. The maximum atomic E-state index is 11.8. The largest absolute Gasteiger partial charge is 0.444 e. The minimum atomic E-state index is -0.451. The lowest BCUT2D eigenvalue weighted by Gasteiger charge is -2.28. The second-order valence-corrected chi connectivity index (χ2v) is 7.42. The number of methoxy groups -OCH3 is 1. The number of hydrogen-bond acceptors (Lipinski definition) is 5. The molecule has 1 heterocycles. The van der Waals surface area contributed by atoms with Gasteiger partial charge in [0, 0.05) is 38.8 Å². The van der Waals surface area contributed by atoms with Crippen molar-refractivity contribution in [1.29, 1.82) is 0 Å². The van der Waals surface area contributed by atoms with Gasteiger partial charge >= 0.3 is 6.09 Å². The van der Waals surface area contributed by atoms with Gasteiger partial charge in [-0.3, -0.25) is 0 Å². The van der Waals surface area contributed by atoms with E-state index in [0.717, 1.165) is 38.8 Å². The monoisotopic (exact) mass is 314 g/mol. The molecule has 3 atom stereocenters. The van der Waals surface area contributed by atoms with Gasteiger partial charge in [0.05, 0.1) is 6.61 Å². The molecule has 0 aromatic carbocycles. The van der Waals surface area contributed by atoms with E-state index in [1.54, 1.807) is 7.11 Å². The number of nitrogens with one attached hydrogen (secondary N) is 2. The number of alkyl carbamates (subject to hydrolysis) is 1. The van der Waals surface area contributed by atoms with E-state index < -0.39 is 5.60 Å². The first-order chi connectivity index (χ1) is 10.3. The van der Waals surface area contributed by atoms with Crippen molar-refractivity contribution in [2.45, 2.75) is 69.7 Å². The second kappa shape index (κ2) is 7.15. The summed E-state index contributed by atoms with van der Waals surface area (Å²) in [5, 5.41) is 6.53. The fraction of sp³-hybridized carbons (Fsp3) is 0.938. The summed E-state index contributed by atoms with van der Waals surface area (Å²) in [5.74, 6) is 0. The van der Waals surface area contributed by atoms with Crippen LogP contribution in [0.2, 0.25) is 0 Å². The van der Waals surface area contributed by atoms with Crippen molar-refractivity contribution in [3.8, 4) is 0 Å². The minimum Gasteiger partial charge on any atom is -0.444 e. The smallest absolute Gasteiger partial charge is 0.407 e. The van der Waals surface area contributed by atoms with Gasteiger partial charge in [-0.1, -0.05) is 0 Å². The molecule has 2 rings (SSSR count). The fourth-order valence-electron chi connectivity index (χ4n) is 3.06. The highest BCUT2D eigenvalue weighted by atomic mass is 16.6. The molecule has 0 radical (unpaired) electrons. The first-order valence-corrected chi connectivity index (χ1v) is 8.18. The Labute approximate surface area is 133 Å². The molecule has 22 heavy (non-hydrogen) atoms. The van der Waals surface area contributed by atoms with E-state index in [4.69, 9.17) is 14.2 Å². The fourth-order valence-corrected chi connectivity index (χ4v) is 3.06. The van der Waals surface area contributed by atoms with Gasteiger partial charge in [0.15, 0.2) is 0 Å². The van der Waals surface area contributed by atoms with Gasteiger partial charge in [0.1, 0.15) is 11.2 Å². The zero-order chi connectivity index (χ0) is 16.2. The van der Waals surface area contributed by atoms with E-state index in [9.17, 15) is 4.79 Å². The summed E-state index contributed by atoms with van der Waals surface area (Å²) in [4.78, 5) is 11.8. The molecule has 0 bridgehead atoms. The summed E-state index contributed by atoms with van der Waals surface area (Å²) in [6, 6.07) is 0.596. The van der Waals surface area contributed by atoms with Crippen LogP contribution in [-0.2, 0) is 14.2 Å². The Morgan fingerprint density at radius 3 is 2.64 bits per heavy atom. The zero-order valence-corrected chi connectivity index (χ0v) is 14.2. The molecule has 2 N–H and O–H groups in total. The molecule has 6 heteroatoms. The third-order valence-corrected chi connectivity index (χ3v) is 4.37. The molecule has 1 aliphatic heterocycles. The predicted octanol–water partition coefficient (Wildman–Crippen LogP) is 1.83. The molecule has 0 aromatic rings. The Hall–Kier alpha value is -0.850. The summed E-state index contributed by atoms with van der Waals surface area (Å²) in [7, 11) is 1.75. The van der Waals surface area contributed by atoms with Crippen molar-refractivity contribution in [2.75, 3.05) is 26.9 Å². The first kappa shape index (κ1) is 17.5. The molecule has 2 fully saturated rings. The highest BCUT2D eigenvalue weighted by Crippen LogP contribution is 2.24. The first-order valence-electron chi connectivity index (χ1n) is 8.18. The summed E-state index contributed by atoms with van der Waals surface area (Å²) < 4.78 is 16.4. The summed E-state index contributed by atoms with van der Waals surface area (Å²) in [6.45, 7) is 7.84. The molecule has 1 amide bonds. The molecule has 0 aromatic heterocycles. The molecule has 1 aliphatic carbocycles. The van der Waals surface area contributed by atoms with Gasteiger partial charge in [-0.2, -0.15) is 0 Å². The molecule has 0 spiro atoms. The predicted molar refractivity (Wildman–Crippen MR) is 84.0 cm³/mol. The summed E-state index contributed by atoms with van der Waals surface area (Å²) in [6.07, 6.45) is 3.58. The zero-order valence-electron chi connectivity index (χ0n) is 14.2. The quantitative estimate of drug-likeness (QED) is 0.810. The van der Waals surface area contributed by atoms with E-state index in [2.05, 4.69) is 10.6 Å².